The minimum absolute atomic E-state index is 0.0285. The van der Waals surface area contributed by atoms with Crippen LogP contribution in [0.5, 0.6) is 0 Å². The molecule has 0 heterocycles. The molecule has 10 nitrogen and oxygen atoms in total. The highest BCUT2D eigenvalue weighted by molar-refractivity contribution is 5.83. The number of benzene rings is 1. The second-order valence-electron chi connectivity index (χ2n) is 11.3. The molecule has 0 aromatic heterocycles. The second kappa shape index (κ2) is 11.5. The third-order valence-corrected chi connectivity index (χ3v) is 4.28. The standard InChI is InChI=1S/C25H38N2O8/c1-23(2,3)33-20(28)17(14-16-10-12-18(13-11-16)27(31)32)15-19(21(29)34-24(4,5)6)26-22(30)35-25(7,8)9/h10-13,17,19H,14-15H2,1-9H3,(H-,26,30,31,32)/p+1/t17-,19-/m0/s1. The summed E-state index contributed by atoms with van der Waals surface area (Å²) in [6, 6.07) is 4.78. The molecule has 0 fully saturated rings. The number of rotatable bonds is 8. The van der Waals surface area contributed by atoms with Crippen LogP contribution in [-0.2, 0) is 30.2 Å². The first kappa shape index (κ1) is 29.9. The number of alkyl carbamates (subject to hydrolysis) is 1. The largest absolute Gasteiger partial charge is 0.460 e. The van der Waals surface area contributed by atoms with Gasteiger partial charge in [-0.25, -0.2) is 14.8 Å². The molecular weight excluding hydrogens is 456 g/mol. The van der Waals surface area contributed by atoms with Gasteiger partial charge in [-0.3, -0.25) is 4.79 Å². The van der Waals surface area contributed by atoms with Crippen molar-refractivity contribution in [3.05, 3.63) is 34.7 Å². The molecule has 2 N–H and O–H groups in total. The van der Waals surface area contributed by atoms with E-state index in [2.05, 4.69) is 5.32 Å². The quantitative estimate of drug-likeness (QED) is 0.304. The fraction of sp³-hybridized carbons (Fsp3) is 0.640. The fourth-order valence-corrected chi connectivity index (χ4v) is 3.01. The zero-order valence-corrected chi connectivity index (χ0v) is 22.1. The molecule has 1 rings (SSSR count). The van der Waals surface area contributed by atoms with Crippen LogP contribution in [0.4, 0.5) is 10.5 Å². The number of hydrogen-bond acceptors (Lipinski definition) is 7. The van der Waals surface area contributed by atoms with Crippen molar-refractivity contribution < 1.29 is 38.7 Å². The van der Waals surface area contributed by atoms with E-state index >= 15 is 0 Å². The van der Waals surface area contributed by atoms with Crippen LogP contribution < -0.4 is 5.32 Å². The molecule has 0 aliphatic carbocycles. The maximum atomic E-state index is 13.1. The lowest BCUT2D eigenvalue weighted by molar-refractivity contribution is -0.729. The Morgan fingerprint density at radius 1 is 0.829 bits per heavy atom. The Bertz CT molecular complexity index is 905. The highest BCUT2D eigenvalue weighted by atomic mass is 16.6. The first-order valence-electron chi connectivity index (χ1n) is 11.5. The molecule has 0 saturated carbocycles. The molecule has 1 amide bonds. The molecule has 2 atom stereocenters. The normalized spacial score (nSPS) is 13.9. The van der Waals surface area contributed by atoms with Crippen LogP contribution in [-0.4, -0.2) is 51.0 Å². The van der Waals surface area contributed by atoms with E-state index in [9.17, 15) is 19.3 Å². The molecule has 0 saturated heterocycles. The van der Waals surface area contributed by atoms with Crippen molar-refractivity contribution in [2.75, 3.05) is 0 Å². The van der Waals surface area contributed by atoms with Crippen LogP contribution in [0.3, 0.4) is 0 Å². The van der Waals surface area contributed by atoms with Gasteiger partial charge in [0.1, 0.15) is 22.8 Å². The summed E-state index contributed by atoms with van der Waals surface area (Å²) >= 11 is 0. The van der Waals surface area contributed by atoms with Gasteiger partial charge in [0.2, 0.25) is 0 Å². The van der Waals surface area contributed by atoms with Crippen LogP contribution >= 0.6 is 0 Å². The van der Waals surface area contributed by atoms with Crippen molar-refractivity contribution in [1.29, 1.82) is 0 Å². The number of hydrogen-bond donors (Lipinski definition) is 2. The average molecular weight is 496 g/mol. The zero-order chi connectivity index (χ0) is 27.2. The third kappa shape index (κ3) is 12.2. The maximum Gasteiger partial charge on any atom is 0.408 e. The lowest BCUT2D eigenvalue weighted by Crippen LogP contribution is -2.48. The van der Waals surface area contributed by atoms with Gasteiger partial charge in [-0.05, 0) is 80.7 Å². The molecule has 0 aliphatic heterocycles. The van der Waals surface area contributed by atoms with E-state index in [4.69, 9.17) is 19.4 Å². The molecule has 196 valence electrons. The molecule has 0 bridgehead atoms. The lowest BCUT2D eigenvalue weighted by Gasteiger charge is -2.29. The fourth-order valence-electron chi connectivity index (χ4n) is 3.01. The molecule has 1 aromatic rings. The summed E-state index contributed by atoms with van der Waals surface area (Å²) in [4.78, 5) is 49.3. The third-order valence-electron chi connectivity index (χ3n) is 4.28. The number of carbonyl (C=O) groups is 3. The minimum Gasteiger partial charge on any atom is -0.460 e. The number of nitrogens with one attached hydrogen (secondary N) is 1. The van der Waals surface area contributed by atoms with Gasteiger partial charge in [-0.1, -0.05) is 12.1 Å². The van der Waals surface area contributed by atoms with Crippen LogP contribution in [0.15, 0.2) is 24.3 Å². The van der Waals surface area contributed by atoms with Gasteiger partial charge in [0.15, 0.2) is 0 Å². The monoisotopic (exact) mass is 495 g/mol. The molecule has 10 heteroatoms. The molecule has 1 aromatic carbocycles. The summed E-state index contributed by atoms with van der Waals surface area (Å²) < 4.78 is 16.3. The lowest BCUT2D eigenvalue weighted by atomic mass is 9.92. The number of nitrogens with zero attached hydrogens (tertiary/aromatic N) is 1. The van der Waals surface area contributed by atoms with E-state index in [1.54, 1.807) is 74.4 Å². The number of esters is 2. The van der Waals surface area contributed by atoms with Gasteiger partial charge in [0.25, 0.3) is 4.92 Å². The molecule has 0 spiro atoms. The van der Waals surface area contributed by atoms with Crippen LogP contribution in [0.1, 0.15) is 74.3 Å². The van der Waals surface area contributed by atoms with Gasteiger partial charge in [-0.2, -0.15) is 0 Å². The zero-order valence-electron chi connectivity index (χ0n) is 22.1. The molecule has 0 aliphatic rings. The van der Waals surface area contributed by atoms with Crippen molar-refractivity contribution in [1.82, 2.24) is 5.32 Å². The number of ether oxygens (including phenoxy) is 3. The van der Waals surface area contributed by atoms with Crippen molar-refractivity contribution in [3.63, 3.8) is 0 Å². The predicted octanol–water partition coefficient (Wildman–Crippen LogP) is 4.61. The van der Waals surface area contributed by atoms with Gasteiger partial charge >= 0.3 is 23.7 Å². The first-order valence-corrected chi connectivity index (χ1v) is 11.5. The van der Waals surface area contributed by atoms with Crippen LogP contribution in [0.2, 0.25) is 0 Å². The second-order valence-corrected chi connectivity index (χ2v) is 11.3. The van der Waals surface area contributed by atoms with E-state index in [0.717, 1.165) is 0 Å². The minimum atomic E-state index is -1.18. The van der Waals surface area contributed by atoms with Crippen molar-refractivity contribution in [2.24, 2.45) is 5.92 Å². The molecule has 0 radical (unpaired) electrons. The Balaban J connectivity index is 3.26. The average Bonchev–Trinajstić information content (AvgIpc) is 2.62. The van der Waals surface area contributed by atoms with Crippen LogP contribution in [0.25, 0.3) is 0 Å². The van der Waals surface area contributed by atoms with Gasteiger partial charge in [0, 0.05) is 12.1 Å². The van der Waals surface area contributed by atoms with Crippen molar-refractivity contribution in [2.45, 2.75) is 98.0 Å². The highest BCUT2D eigenvalue weighted by Crippen LogP contribution is 2.23. The Labute approximate surface area is 206 Å². The Morgan fingerprint density at radius 3 is 1.71 bits per heavy atom. The topological polar surface area (TPSA) is 131 Å². The summed E-state index contributed by atoms with van der Waals surface area (Å²) in [5.74, 6) is -2.12. The SMILES string of the molecule is CC(C)(C)OC(=O)N[C@@H](C[C@H](Cc1ccc([N+](=O)O)cc1)C(=O)OC(C)(C)C)C(=O)OC(C)(C)C. The highest BCUT2D eigenvalue weighted by Gasteiger charge is 2.35. The van der Waals surface area contributed by atoms with Gasteiger partial charge in [-0.15, -0.1) is 0 Å². The van der Waals surface area contributed by atoms with E-state index < -0.39 is 46.8 Å². The first-order chi connectivity index (χ1) is 15.8. The molecule has 35 heavy (non-hydrogen) atoms. The van der Waals surface area contributed by atoms with Gasteiger partial charge < -0.3 is 19.5 Å². The van der Waals surface area contributed by atoms with E-state index in [-0.39, 0.29) is 23.5 Å². The summed E-state index contributed by atoms with van der Waals surface area (Å²) in [7, 11) is 0. The maximum absolute atomic E-state index is 13.1. The van der Waals surface area contributed by atoms with E-state index in [0.29, 0.717) is 5.56 Å². The summed E-state index contributed by atoms with van der Waals surface area (Å²) in [6.45, 7) is 15.3. The number of carbonyl (C=O) groups excluding carboxylic acids is 3. The summed E-state index contributed by atoms with van der Waals surface area (Å²) in [5, 5.41) is 11.6. The van der Waals surface area contributed by atoms with Crippen molar-refractivity contribution in [3.8, 4) is 0 Å². The Hall–Kier alpha value is -3.17. The van der Waals surface area contributed by atoms with E-state index in [1.165, 1.54) is 12.1 Å². The summed E-state index contributed by atoms with van der Waals surface area (Å²) in [6.07, 6.45) is -0.785. The van der Waals surface area contributed by atoms with Crippen LogP contribution in [0, 0.1) is 10.8 Å². The number of amides is 1. The summed E-state index contributed by atoms with van der Waals surface area (Å²) in [5.41, 5.74) is -1.71. The molecule has 0 unspecified atom stereocenters. The van der Waals surface area contributed by atoms with E-state index in [1.807, 2.05) is 0 Å². The Kier molecular flexibility index (Phi) is 9.82. The van der Waals surface area contributed by atoms with Gasteiger partial charge in [0.05, 0.1) is 10.8 Å². The Morgan fingerprint density at radius 2 is 1.29 bits per heavy atom. The predicted molar refractivity (Wildman–Crippen MR) is 128 cm³/mol. The van der Waals surface area contributed by atoms with Crippen molar-refractivity contribution >= 4 is 23.7 Å². The molecular formula is C25H39N2O8+. The smallest absolute Gasteiger partial charge is 0.408 e.